The van der Waals surface area contributed by atoms with E-state index in [2.05, 4.69) is 10.3 Å². The van der Waals surface area contributed by atoms with Gasteiger partial charge in [0.1, 0.15) is 0 Å². The molecule has 0 saturated carbocycles. The fourth-order valence-corrected chi connectivity index (χ4v) is 3.71. The Labute approximate surface area is 144 Å². The number of methoxy groups -OCH3 is 1. The zero-order chi connectivity index (χ0) is 15.1. The number of hydrogen-bond acceptors (Lipinski definition) is 5. The molecule has 0 bridgehead atoms. The van der Waals surface area contributed by atoms with E-state index in [0.29, 0.717) is 6.42 Å². The number of benzene rings is 1. The quantitative estimate of drug-likeness (QED) is 0.840. The summed E-state index contributed by atoms with van der Waals surface area (Å²) in [7, 11) is 1.67. The van der Waals surface area contributed by atoms with Crippen LogP contribution in [0.4, 0.5) is 5.69 Å². The van der Waals surface area contributed by atoms with Gasteiger partial charge in [0, 0.05) is 28.6 Å². The molecule has 0 unspecified atom stereocenters. The SMILES string of the molecule is COC1=CC(=C2CC(=O)c3ccc4cccnc4c3N2)CS1.Cl. The van der Waals surface area contributed by atoms with Crippen molar-refractivity contribution < 1.29 is 9.53 Å². The average Bonchev–Trinajstić information content (AvgIpc) is 3.03. The molecule has 0 spiro atoms. The van der Waals surface area contributed by atoms with Crippen LogP contribution in [0.2, 0.25) is 0 Å². The minimum Gasteiger partial charge on any atom is -0.491 e. The van der Waals surface area contributed by atoms with E-state index >= 15 is 0 Å². The number of rotatable bonds is 1. The number of nitrogens with one attached hydrogen (secondary N) is 1. The van der Waals surface area contributed by atoms with Crippen LogP contribution in [0.5, 0.6) is 0 Å². The molecule has 2 aliphatic rings. The van der Waals surface area contributed by atoms with Crippen molar-refractivity contribution in [1.82, 2.24) is 4.98 Å². The highest BCUT2D eigenvalue weighted by Crippen LogP contribution is 2.37. The van der Waals surface area contributed by atoms with Gasteiger partial charge in [0.25, 0.3) is 0 Å². The van der Waals surface area contributed by atoms with Gasteiger partial charge in [-0.15, -0.1) is 12.4 Å². The molecule has 1 aromatic carbocycles. The first-order valence-corrected chi connectivity index (χ1v) is 8.03. The van der Waals surface area contributed by atoms with Gasteiger partial charge in [0.2, 0.25) is 0 Å². The number of halogens is 1. The molecule has 0 fully saturated rings. The number of pyridine rings is 1. The molecule has 0 aliphatic carbocycles. The van der Waals surface area contributed by atoms with Crippen molar-refractivity contribution in [2.45, 2.75) is 6.42 Å². The lowest BCUT2D eigenvalue weighted by molar-refractivity contribution is 0.0991. The van der Waals surface area contributed by atoms with Crippen LogP contribution >= 0.6 is 24.2 Å². The molecule has 1 aromatic heterocycles. The maximum absolute atomic E-state index is 12.5. The number of Topliss-reactive ketones (excluding diaryl/α,β-unsaturated/α-hetero) is 1. The summed E-state index contributed by atoms with van der Waals surface area (Å²) in [6.07, 6.45) is 4.16. The fourth-order valence-electron chi connectivity index (χ4n) is 2.82. The number of carbonyl (C=O) groups is 1. The third-order valence-corrected chi connectivity index (χ3v) is 4.96. The maximum Gasteiger partial charge on any atom is 0.170 e. The Hall–Kier alpha value is -1.98. The second kappa shape index (κ2) is 6.26. The highest BCUT2D eigenvalue weighted by molar-refractivity contribution is 8.03. The molecule has 0 radical (unpaired) electrons. The number of thioether (sulfide) groups is 1. The molecule has 3 heterocycles. The Bertz CT molecular complexity index is 861. The highest BCUT2D eigenvalue weighted by Gasteiger charge is 2.26. The van der Waals surface area contributed by atoms with E-state index < -0.39 is 0 Å². The molecule has 0 atom stereocenters. The van der Waals surface area contributed by atoms with E-state index in [1.165, 1.54) is 0 Å². The highest BCUT2D eigenvalue weighted by atomic mass is 35.5. The first-order chi connectivity index (χ1) is 10.8. The zero-order valence-corrected chi connectivity index (χ0v) is 14.1. The predicted octanol–water partition coefficient (Wildman–Crippen LogP) is 4.14. The Morgan fingerprint density at radius 1 is 1.30 bits per heavy atom. The number of allylic oxidation sites excluding steroid dienone is 2. The van der Waals surface area contributed by atoms with E-state index in [4.69, 9.17) is 4.74 Å². The number of ether oxygens (including phenoxy) is 1. The number of nitrogens with zero attached hydrogens (tertiary/aromatic N) is 1. The van der Waals surface area contributed by atoms with Crippen LogP contribution in [0.3, 0.4) is 0 Å². The van der Waals surface area contributed by atoms with Gasteiger partial charge in [-0.25, -0.2) is 0 Å². The molecule has 2 aromatic rings. The largest absolute Gasteiger partial charge is 0.491 e. The first kappa shape index (κ1) is 15.9. The van der Waals surface area contributed by atoms with Gasteiger partial charge in [-0.3, -0.25) is 9.78 Å². The van der Waals surface area contributed by atoms with Crippen molar-refractivity contribution in [1.29, 1.82) is 0 Å². The third kappa shape index (κ3) is 2.71. The van der Waals surface area contributed by atoms with E-state index in [0.717, 1.165) is 44.3 Å². The van der Waals surface area contributed by atoms with Crippen molar-refractivity contribution in [2.75, 3.05) is 18.2 Å². The zero-order valence-electron chi connectivity index (χ0n) is 12.5. The summed E-state index contributed by atoms with van der Waals surface area (Å²) < 4.78 is 5.26. The Balaban J connectivity index is 0.00000156. The summed E-state index contributed by atoms with van der Waals surface area (Å²) in [5.41, 5.74) is 4.45. The molecule has 0 saturated heterocycles. The summed E-state index contributed by atoms with van der Waals surface area (Å²) in [6, 6.07) is 7.74. The first-order valence-electron chi connectivity index (χ1n) is 7.05. The summed E-state index contributed by atoms with van der Waals surface area (Å²) in [4.78, 5) is 16.9. The van der Waals surface area contributed by atoms with Crippen molar-refractivity contribution in [3.05, 3.63) is 58.5 Å². The monoisotopic (exact) mass is 346 g/mol. The number of carbonyl (C=O) groups excluding carboxylic acids is 1. The van der Waals surface area contributed by atoms with Gasteiger partial charge in [-0.05, 0) is 23.8 Å². The van der Waals surface area contributed by atoms with Gasteiger partial charge in [-0.1, -0.05) is 23.9 Å². The Kier molecular flexibility index (Phi) is 4.33. The third-order valence-electron chi connectivity index (χ3n) is 3.94. The molecule has 118 valence electrons. The molecule has 1 N–H and O–H groups in total. The number of hydrogen-bond donors (Lipinski definition) is 1. The van der Waals surface area contributed by atoms with Gasteiger partial charge < -0.3 is 10.1 Å². The number of fused-ring (bicyclic) bond motifs is 3. The second-order valence-electron chi connectivity index (χ2n) is 5.25. The summed E-state index contributed by atoms with van der Waals surface area (Å²) in [5.74, 6) is 0.958. The van der Waals surface area contributed by atoms with Crippen LogP contribution in [0, 0.1) is 0 Å². The van der Waals surface area contributed by atoms with Crippen molar-refractivity contribution in [2.24, 2.45) is 0 Å². The molecule has 4 nitrogen and oxygen atoms in total. The van der Waals surface area contributed by atoms with E-state index in [1.807, 2.05) is 30.3 Å². The smallest absolute Gasteiger partial charge is 0.170 e. The summed E-state index contributed by atoms with van der Waals surface area (Å²) in [6.45, 7) is 0. The van der Waals surface area contributed by atoms with Gasteiger partial charge in [0.15, 0.2) is 10.9 Å². The van der Waals surface area contributed by atoms with Crippen LogP contribution in [0.25, 0.3) is 10.9 Å². The summed E-state index contributed by atoms with van der Waals surface area (Å²) >= 11 is 1.64. The number of ketones is 1. The van der Waals surface area contributed by atoms with Gasteiger partial charge in [0.05, 0.1) is 24.7 Å². The lowest BCUT2D eigenvalue weighted by atomic mass is 9.95. The number of aromatic nitrogens is 1. The lowest BCUT2D eigenvalue weighted by Gasteiger charge is -2.22. The van der Waals surface area contributed by atoms with Crippen molar-refractivity contribution in [3.63, 3.8) is 0 Å². The van der Waals surface area contributed by atoms with Crippen LogP contribution in [-0.4, -0.2) is 23.6 Å². The lowest BCUT2D eigenvalue weighted by Crippen LogP contribution is -2.18. The topological polar surface area (TPSA) is 51.2 Å². The minimum atomic E-state index is 0. The fraction of sp³-hybridized carbons (Fsp3) is 0.176. The van der Waals surface area contributed by atoms with Crippen molar-refractivity contribution in [3.8, 4) is 0 Å². The Morgan fingerprint density at radius 3 is 2.96 bits per heavy atom. The Morgan fingerprint density at radius 2 is 2.17 bits per heavy atom. The molecule has 0 amide bonds. The summed E-state index contributed by atoms with van der Waals surface area (Å²) in [5, 5.41) is 5.36. The van der Waals surface area contributed by atoms with Crippen LogP contribution in [0.1, 0.15) is 16.8 Å². The van der Waals surface area contributed by atoms with E-state index in [9.17, 15) is 4.79 Å². The average molecular weight is 347 g/mol. The van der Waals surface area contributed by atoms with Crippen LogP contribution in [0.15, 0.2) is 52.9 Å². The molecular weight excluding hydrogens is 332 g/mol. The molecule has 6 heteroatoms. The maximum atomic E-state index is 12.5. The second-order valence-corrected chi connectivity index (χ2v) is 6.23. The standard InChI is InChI=1S/C17H14N2O2S.ClH/c1-21-15-7-11(9-22-15)13-8-14(20)12-5-4-10-3-2-6-18-16(10)17(12)19-13;/h2-7,19H,8-9H2,1H3;1H. The molecule has 2 aliphatic heterocycles. The van der Waals surface area contributed by atoms with E-state index in [-0.39, 0.29) is 18.2 Å². The van der Waals surface area contributed by atoms with Crippen LogP contribution in [-0.2, 0) is 4.74 Å². The van der Waals surface area contributed by atoms with E-state index in [1.54, 1.807) is 25.1 Å². The van der Waals surface area contributed by atoms with Gasteiger partial charge >= 0.3 is 0 Å². The normalized spacial score (nSPS) is 19.7. The molecule has 23 heavy (non-hydrogen) atoms. The predicted molar refractivity (Wildman–Crippen MR) is 96.1 cm³/mol. The molecule has 4 rings (SSSR count). The van der Waals surface area contributed by atoms with Gasteiger partial charge in [-0.2, -0.15) is 0 Å². The molecular formula is C17H15ClN2O2S. The van der Waals surface area contributed by atoms with Crippen LogP contribution < -0.4 is 5.32 Å². The van der Waals surface area contributed by atoms with Crippen molar-refractivity contribution >= 4 is 46.5 Å². The number of anilines is 1. The minimum absolute atomic E-state index is 0.